The second kappa shape index (κ2) is 5.29. The minimum absolute atomic E-state index is 0.782. The lowest BCUT2D eigenvalue weighted by atomic mass is 10.4. The molecule has 0 aliphatic rings. The molecule has 0 radical (unpaired) electrons. The maximum absolute atomic E-state index is 4.05. The van der Waals surface area contributed by atoms with Crippen molar-refractivity contribution >= 4 is 12.0 Å². The van der Waals surface area contributed by atoms with Crippen LogP contribution in [0.5, 0.6) is 0 Å². The summed E-state index contributed by atoms with van der Waals surface area (Å²) >= 11 is 0. The zero-order valence-electron chi connectivity index (χ0n) is 7.20. The second-order valence-electron chi connectivity index (χ2n) is 2.43. The van der Waals surface area contributed by atoms with Crippen LogP contribution in [0.4, 0.5) is 5.82 Å². The molecule has 3 heteroatoms. The number of nitrogens with one attached hydrogen (secondary N) is 1. The van der Waals surface area contributed by atoms with Gasteiger partial charge in [-0.2, -0.15) is 5.10 Å². The fraction of sp³-hybridized carbons (Fsp3) is 0.333. The molecule has 0 aliphatic heterocycles. The number of rotatable bonds is 4. The lowest BCUT2D eigenvalue weighted by molar-refractivity contribution is 1.00. The molecule has 0 unspecified atom stereocenters. The number of hydrogen-bond acceptors (Lipinski definition) is 3. The van der Waals surface area contributed by atoms with Crippen LogP contribution in [0.15, 0.2) is 29.5 Å². The van der Waals surface area contributed by atoms with Gasteiger partial charge in [-0.3, -0.25) is 5.43 Å². The summed E-state index contributed by atoms with van der Waals surface area (Å²) in [6.45, 7) is 2.12. The second-order valence-corrected chi connectivity index (χ2v) is 2.43. The van der Waals surface area contributed by atoms with Crippen LogP contribution < -0.4 is 5.43 Å². The zero-order chi connectivity index (χ0) is 8.65. The van der Waals surface area contributed by atoms with Gasteiger partial charge in [-0.05, 0) is 18.6 Å². The molecule has 1 N–H and O–H groups in total. The summed E-state index contributed by atoms with van der Waals surface area (Å²) in [6, 6.07) is 5.68. The maximum atomic E-state index is 4.05. The van der Waals surface area contributed by atoms with E-state index in [1.807, 2.05) is 24.4 Å². The van der Waals surface area contributed by atoms with Gasteiger partial charge in [-0.1, -0.05) is 19.4 Å². The largest absolute Gasteiger partial charge is 0.262 e. The summed E-state index contributed by atoms with van der Waals surface area (Å²) in [7, 11) is 0. The highest BCUT2D eigenvalue weighted by Gasteiger charge is 1.84. The van der Waals surface area contributed by atoms with E-state index in [0.717, 1.165) is 18.7 Å². The molecule has 64 valence electrons. The van der Waals surface area contributed by atoms with Gasteiger partial charge in [-0.15, -0.1) is 0 Å². The van der Waals surface area contributed by atoms with Crippen LogP contribution >= 0.6 is 0 Å². The van der Waals surface area contributed by atoms with Gasteiger partial charge in [0.25, 0.3) is 0 Å². The highest BCUT2D eigenvalue weighted by molar-refractivity contribution is 5.58. The Bertz CT molecular complexity index is 231. The van der Waals surface area contributed by atoms with Crippen molar-refractivity contribution in [1.29, 1.82) is 0 Å². The summed E-state index contributed by atoms with van der Waals surface area (Å²) in [6.07, 6.45) is 5.71. The lowest BCUT2D eigenvalue weighted by Crippen LogP contribution is -1.90. The fourth-order valence-corrected chi connectivity index (χ4v) is 0.734. The summed E-state index contributed by atoms with van der Waals surface area (Å²) in [5.74, 6) is 0.782. The maximum Gasteiger partial charge on any atom is 0.146 e. The van der Waals surface area contributed by atoms with Crippen molar-refractivity contribution in [3.8, 4) is 0 Å². The zero-order valence-corrected chi connectivity index (χ0v) is 7.20. The lowest BCUT2D eigenvalue weighted by Gasteiger charge is -1.95. The van der Waals surface area contributed by atoms with Gasteiger partial charge in [0.05, 0.1) is 0 Å². The van der Waals surface area contributed by atoms with Crippen molar-refractivity contribution in [2.75, 3.05) is 5.43 Å². The molecule has 0 aliphatic carbocycles. The standard InChI is InChI=1S/C9H13N3/c1-2-3-8-11-12-9-6-4-5-7-10-9/h4-8H,2-3H2,1H3,(H,10,12)/b11-8+. The van der Waals surface area contributed by atoms with Gasteiger partial charge in [0.2, 0.25) is 0 Å². The average molecular weight is 163 g/mol. The molecule has 0 atom stereocenters. The number of aromatic nitrogens is 1. The monoisotopic (exact) mass is 163 g/mol. The quantitative estimate of drug-likeness (QED) is 0.546. The predicted molar refractivity (Wildman–Crippen MR) is 51.3 cm³/mol. The van der Waals surface area contributed by atoms with Crippen molar-refractivity contribution in [3.05, 3.63) is 24.4 Å². The first-order valence-electron chi connectivity index (χ1n) is 4.12. The van der Waals surface area contributed by atoms with Crippen LogP contribution in [0.25, 0.3) is 0 Å². The van der Waals surface area contributed by atoms with Gasteiger partial charge in [0.1, 0.15) is 5.82 Å². The van der Waals surface area contributed by atoms with Crippen LogP contribution in [0.3, 0.4) is 0 Å². The van der Waals surface area contributed by atoms with E-state index < -0.39 is 0 Å². The molecule has 0 bridgehead atoms. The van der Waals surface area contributed by atoms with Crippen LogP contribution in [-0.4, -0.2) is 11.2 Å². The van der Waals surface area contributed by atoms with Crippen molar-refractivity contribution in [1.82, 2.24) is 4.98 Å². The Morgan fingerprint density at radius 2 is 2.50 bits per heavy atom. The number of hydrogen-bond donors (Lipinski definition) is 1. The van der Waals surface area contributed by atoms with Crippen LogP contribution in [0.2, 0.25) is 0 Å². The molecule has 12 heavy (non-hydrogen) atoms. The number of anilines is 1. The van der Waals surface area contributed by atoms with Crippen LogP contribution in [0, 0.1) is 0 Å². The van der Waals surface area contributed by atoms with E-state index in [4.69, 9.17) is 0 Å². The van der Waals surface area contributed by atoms with E-state index in [1.54, 1.807) is 6.20 Å². The first-order chi connectivity index (χ1) is 5.93. The number of unbranched alkanes of at least 4 members (excludes halogenated alkanes) is 1. The molecular formula is C9H13N3. The highest BCUT2D eigenvalue weighted by atomic mass is 15.3. The van der Waals surface area contributed by atoms with Gasteiger partial charge in [0, 0.05) is 12.4 Å². The molecular weight excluding hydrogens is 150 g/mol. The Morgan fingerprint density at radius 1 is 1.58 bits per heavy atom. The van der Waals surface area contributed by atoms with Gasteiger partial charge in [-0.25, -0.2) is 4.98 Å². The average Bonchev–Trinajstić information content (AvgIpc) is 2.14. The van der Waals surface area contributed by atoms with E-state index in [-0.39, 0.29) is 0 Å². The normalized spacial score (nSPS) is 10.4. The third-order valence-corrected chi connectivity index (χ3v) is 1.35. The SMILES string of the molecule is CCC/C=N/Nc1ccccn1. The van der Waals surface area contributed by atoms with E-state index >= 15 is 0 Å². The topological polar surface area (TPSA) is 37.3 Å². The molecule has 0 saturated carbocycles. The van der Waals surface area contributed by atoms with E-state index in [2.05, 4.69) is 22.4 Å². The molecule has 0 amide bonds. The molecule has 1 aromatic heterocycles. The first-order valence-corrected chi connectivity index (χ1v) is 4.12. The van der Waals surface area contributed by atoms with Crippen LogP contribution in [0.1, 0.15) is 19.8 Å². The Morgan fingerprint density at radius 3 is 3.17 bits per heavy atom. The summed E-state index contributed by atoms with van der Waals surface area (Å²) in [4.78, 5) is 4.05. The van der Waals surface area contributed by atoms with E-state index in [9.17, 15) is 0 Å². The number of pyridine rings is 1. The fourth-order valence-electron chi connectivity index (χ4n) is 0.734. The number of hydrazone groups is 1. The number of nitrogens with zero attached hydrogens (tertiary/aromatic N) is 2. The Balaban J connectivity index is 2.33. The molecule has 3 nitrogen and oxygen atoms in total. The smallest absolute Gasteiger partial charge is 0.146 e. The Labute approximate surface area is 72.5 Å². The third-order valence-electron chi connectivity index (χ3n) is 1.35. The van der Waals surface area contributed by atoms with Crippen molar-refractivity contribution in [2.24, 2.45) is 5.10 Å². The highest BCUT2D eigenvalue weighted by Crippen LogP contribution is 1.98. The van der Waals surface area contributed by atoms with Crippen molar-refractivity contribution in [2.45, 2.75) is 19.8 Å². The van der Waals surface area contributed by atoms with E-state index in [0.29, 0.717) is 0 Å². The Hall–Kier alpha value is -1.38. The summed E-state index contributed by atoms with van der Waals surface area (Å²) in [5, 5.41) is 3.99. The minimum atomic E-state index is 0.782. The van der Waals surface area contributed by atoms with Crippen LogP contribution in [-0.2, 0) is 0 Å². The summed E-state index contributed by atoms with van der Waals surface area (Å²) in [5.41, 5.74) is 2.84. The predicted octanol–water partition coefficient (Wildman–Crippen LogP) is 2.28. The molecule has 0 saturated heterocycles. The third kappa shape index (κ3) is 3.14. The molecule has 1 heterocycles. The molecule has 0 aromatic carbocycles. The molecule has 1 aromatic rings. The van der Waals surface area contributed by atoms with Crippen molar-refractivity contribution < 1.29 is 0 Å². The molecule has 0 fully saturated rings. The van der Waals surface area contributed by atoms with E-state index in [1.165, 1.54) is 0 Å². The Kier molecular flexibility index (Phi) is 3.84. The van der Waals surface area contributed by atoms with Gasteiger partial charge in [0.15, 0.2) is 0 Å². The van der Waals surface area contributed by atoms with Gasteiger partial charge >= 0.3 is 0 Å². The van der Waals surface area contributed by atoms with Crippen molar-refractivity contribution in [3.63, 3.8) is 0 Å². The minimum Gasteiger partial charge on any atom is -0.262 e. The molecule has 1 rings (SSSR count). The summed E-state index contributed by atoms with van der Waals surface area (Å²) < 4.78 is 0. The first kappa shape index (κ1) is 8.71. The van der Waals surface area contributed by atoms with Gasteiger partial charge < -0.3 is 0 Å². The molecule has 0 spiro atoms.